The number of pyridine rings is 1. The highest BCUT2D eigenvalue weighted by Crippen LogP contribution is 2.30. The van der Waals surface area contributed by atoms with E-state index in [1.807, 2.05) is 12.1 Å². The van der Waals surface area contributed by atoms with Crippen molar-refractivity contribution < 1.29 is 9.18 Å². The number of benzene rings is 1. The summed E-state index contributed by atoms with van der Waals surface area (Å²) in [6, 6.07) is 8.61. The van der Waals surface area contributed by atoms with Gasteiger partial charge in [0.25, 0.3) is 5.91 Å². The highest BCUT2D eigenvalue weighted by molar-refractivity contribution is 7.22. The van der Waals surface area contributed by atoms with E-state index in [1.165, 1.54) is 23.5 Å². The molecule has 6 nitrogen and oxygen atoms in total. The molecule has 30 heavy (non-hydrogen) atoms. The predicted octanol–water partition coefficient (Wildman–Crippen LogP) is 4.19. The first-order valence-electron chi connectivity index (χ1n) is 10.5. The Labute approximate surface area is 178 Å². The van der Waals surface area contributed by atoms with E-state index in [4.69, 9.17) is 0 Å². The summed E-state index contributed by atoms with van der Waals surface area (Å²) in [6.45, 7) is 1.94. The van der Waals surface area contributed by atoms with Crippen LogP contribution in [0.25, 0.3) is 10.2 Å². The molecule has 1 aliphatic heterocycles. The molecular formula is C22H24FN5OS. The van der Waals surface area contributed by atoms with E-state index in [9.17, 15) is 9.18 Å². The Morgan fingerprint density at radius 3 is 2.83 bits per heavy atom. The van der Waals surface area contributed by atoms with Gasteiger partial charge in [0, 0.05) is 31.4 Å². The Morgan fingerprint density at radius 1 is 1.13 bits per heavy atom. The standard InChI is InChI=1S/C22H24FN5OS/c23-14-8-9-17-19(13-14)30-22(27-17)26-16-6-3-5-15(16)25-21(29)20-18(7-4-10-24-20)28-11-1-2-12-28/h4,7-10,13,15-16H,1-3,5-6,11-12H2,(H,25,29)(H,26,27)/t15-,16-/m0/s1. The lowest BCUT2D eigenvalue weighted by molar-refractivity contribution is 0.0931. The Hall–Kier alpha value is -2.74. The van der Waals surface area contributed by atoms with Crippen molar-refractivity contribution in [1.29, 1.82) is 0 Å². The van der Waals surface area contributed by atoms with E-state index >= 15 is 0 Å². The van der Waals surface area contributed by atoms with E-state index < -0.39 is 0 Å². The van der Waals surface area contributed by atoms with Gasteiger partial charge in [-0.25, -0.2) is 14.4 Å². The van der Waals surface area contributed by atoms with Crippen LogP contribution in [-0.2, 0) is 0 Å². The number of hydrogen-bond donors (Lipinski definition) is 2. The van der Waals surface area contributed by atoms with Gasteiger partial charge in [0.2, 0.25) is 0 Å². The molecular weight excluding hydrogens is 401 g/mol. The molecule has 2 atom stereocenters. The monoisotopic (exact) mass is 425 g/mol. The number of thiazole rings is 1. The molecule has 156 valence electrons. The van der Waals surface area contributed by atoms with Crippen molar-refractivity contribution in [3.05, 3.63) is 48.0 Å². The second-order valence-corrected chi connectivity index (χ2v) is 8.99. The quantitative estimate of drug-likeness (QED) is 0.641. The van der Waals surface area contributed by atoms with Gasteiger partial charge in [-0.05, 0) is 62.4 Å². The van der Waals surface area contributed by atoms with E-state index in [-0.39, 0.29) is 23.8 Å². The number of fused-ring (bicyclic) bond motifs is 1. The molecule has 2 aliphatic rings. The van der Waals surface area contributed by atoms with Gasteiger partial charge in [0.05, 0.1) is 15.9 Å². The summed E-state index contributed by atoms with van der Waals surface area (Å²) in [5, 5.41) is 7.43. The Morgan fingerprint density at radius 2 is 1.97 bits per heavy atom. The van der Waals surface area contributed by atoms with Gasteiger partial charge in [-0.2, -0.15) is 0 Å². The molecule has 1 saturated carbocycles. The summed E-state index contributed by atoms with van der Waals surface area (Å²) >= 11 is 1.44. The fraction of sp³-hybridized carbons (Fsp3) is 0.409. The first-order valence-corrected chi connectivity index (χ1v) is 11.3. The van der Waals surface area contributed by atoms with Crippen molar-refractivity contribution in [3.63, 3.8) is 0 Å². The van der Waals surface area contributed by atoms with Gasteiger partial charge >= 0.3 is 0 Å². The van der Waals surface area contributed by atoms with Crippen molar-refractivity contribution in [2.75, 3.05) is 23.3 Å². The van der Waals surface area contributed by atoms with Crippen LogP contribution < -0.4 is 15.5 Å². The van der Waals surface area contributed by atoms with Crippen LogP contribution in [0.15, 0.2) is 36.5 Å². The highest BCUT2D eigenvalue weighted by atomic mass is 32.1. The lowest BCUT2D eigenvalue weighted by Gasteiger charge is -2.24. The number of nitrogens with one attached hydrogen (secondary N) is 2. The zero-order valence-electron chi connectivity index (χ0n) is 16.6. The number of anilines is 2. The molecule has 2 fully saturated rings. The molecule has 1 saturated heterocycles. The van der Waals surface area contributed by atoms with Crippen molar-refractivity contribution >= 4 is 38.3 Å². The number of carbonyl (C=O) groups is 1. The van der Waals surface area contributed by atoms with Crippen LogP contribution in [0.1, 0.15) is 42.6 Å². The molecule has 1 amide bonds. The topological polar surface area (TPSA) is 70.1 Å². The van der Waals surface area contributed by atoms with E-state index in [2.05, 4.69) is 25.5 Å². The maximum atomic E-state index is 13.5. The minimum Gasteiger partial charge on any atom is -0.370 e. The highest BCUT2D eigenvalue weighted by Gasteiger charge is 2.31. The van der Waals surface area contributed by atoms with Crippen molar-refractivity contribution in [1.82, 2.24) is 15.3 Å². The molecule has 0 unspecified atom stereocenters. The number of carbonyl (C=O) groups excluding carboxylic acids is 1. The third-order valence-corrected chi connectivity index (χ3v) is 6.89. The molecule has 3 aromatic rings. The fourth-order valence-electron chi connectivity index (χ4n) is 4.45. The molecule has 5 rings (SSSR count). The largest absolute Gasteiger partial charge is 0.370 e. The third-order valence-electron chi connectivity index (χ3n) is 5.94. The van der Waals surface area contributed by atoms with Crippen LogP contribution in [0.4, 0.5) is 15.2 Å². The van der Waals surface area contributed by atoms with Gasteiger partial charge in [0.15, 0.2) is 10.8 Å². The second kappa shape index (κ2) is 8.18. The fourth-order valence-corrected chi connectivity index (χ4v) is 5.40. The Bertz CT molecular complexity index is 1060. The molecule has 8 heteroatoms. The Kier molecular flexibility index (Phi) is 5.25. The summed E-state index contributed by atoms with van der Waals surface area (Å²) in [6.07, 6.45) is 6.88. The first kappa shape index (κ1) is 19.2. The molecule has 1 aromatic carbocycles. The summed E-state index contributed by atoms with van der Waals surface area (Å²) in [5.41, 5.74) is 2.20. The van der Waals surface area contributed by atoms with Crippen LogP contribution in [0, 0.1) is 5.82 Å². The number of halogens is 1. The molecule has 2 N–H and O–H groups in total. The summed E-state index contributed by atoms with van der Waals surface area (Å²) < 4.78 is 14.3. The summed E-state index contributed by atoms with van der Waals surface area (Å²) in [4.78, 5) is 24.3. The van der Waals surface area contributed by atoms with Gasteiger partial charge in [-0.1, -0.05) is 11.3 Å². The molecule has 3 heterocycles. The van der Waals surface area contributed by atoms with Crippen LogP contribution in [0.3, 0.4) is 0 Å². The van der Waals surface area contributed by atoms with Gasteiger partial charge < -0.3 is 15.5 Å². The number of rotatable bonds is 5. The lowest BCUT2D eigenvalue weighted by Crippen LogP contribution is -2.44. The van der Waals surface area contributed by atoms with E-state index in [1.54, 1.807) is 12.3 Å². The number of hydrogen-bond acceptors (Lipinski definition) is 6. The van der Waals surface area contributed by atoms with Crippen molar-refractivity contribution in [2.24, 2.45) is 0 Å². The van der Waals surface area contributed by atoms with Crippen LogP contribution in [-0.4, -0.2) is 41.0 Å². The van der Waals surface area contributed by atoms with Gasteiger partial charge in [0.1, 0.15) is 5.82 Å². The third kappa shape index (κ3) is 3.84. The minimum atomic E-state index is -0.257. The van der Waals surface area contributed by atoms with Crippen molar-refractivity contribution in [2.45, 2.75) is 44.2 Å². The molecule has 0 bridgehead atoms. The number of nitrogens with zero attached hydrogens (tertiary/aromatic N) is 3. The van der Waals surface area contributed by atoms with Gasteiger partial charge in [-0.3, -0.25) is 4.79 Å². The maximum absolute atomic E-state index is 13.5. The van der Waals surface area contributed by atoms with Crippen molar-refractivity contribution in [3.8, 4) is 0 Å². The van der Waals surface area contributed by atoms with E-state index in [0.717, 1.165) is 66.2 Å². The number of amides is 1. The minimum absolute atomic E-state index is 0.00897. The van der Waals surface area contributed by atoms with E-state index in [0.29, 0.717) is 5.69 Å². The summed E-state index contributed by atoms with van der Waals surface area (Å²) in [5.74, 6) is -0.379. The zero-order chi connectivity index (χ0) is 20.5. The predicted molar refractivity (Wildman–Crippen MR) is 118 cm³/mol. The molecule has 1 aliphatic carbocycles. The smallest absolute Gasteiger partial charge is 0.272 e. The Balaban J connectivity index is 1.30. The average molecular weight is 426 g/mol. The van der Waals surface area contributed by atoms with Crippen LogP contribution in [0.5, 0.6) is 0 Å². The SMILES string of the molecule is O=C(N[C@H]1CCC[C@@H]1Nc1nc2ccc(F)cc2s1)c1ncccc1N1CCCC1. The lowest BCUT2D eigenvalue weighted by atomic mass is 10.1. The zero-order valence-corrected chi connectivity index (χ0v) is 17.4. The average Bonchev–Trinajstić information content (AvgIpc) is 3.49. The molecule has 0 spiro atoms. The number of aromatic nitrogens is 2. The maximum Gasteiger partial charge on any atom is 0.272 e. The molecule has 0 radical (unpaired) electrons. The summed E-state index contributed by atoms with van der Waals surface area (Å²) in [7, 11) is 0. The second-order valence-electron chi connectivity index (χ2n) is 7.96. The van der Waals surface area contributed by atoms with Gasteiger partial charge in [-0.15, -0.1) is 0 Å². The first-order chi connectivity index (χ1) is 14.7. The normalized spacial score (nSPS) is 21.3. The molecule has 2 aromatic heterocycles. The van der Waals surface area contributed by atoms with Crippen LogP contribution >= 0.6 is 11.3 Å². The van der Waals surface area contributed by atoms with Crippen LogP contribution in [0.2, 0.25) is 0 Å².